The zero-order valence-electron chi connectivity index (χ0n) is 11.8. The van der Waals surface area contributed by atoms with Crippen molar-refractivity contribution < 1.29 is 8.42 Å². The number of sulfone groups is 1. The minimum atomic E-state index is -2.99. The summed E-state index contributed by atoms with van der Waals surface area (Å²) in [6.07, 6.45) is 0. The van der Waals surface area contributed by atoms with Gasteiger partial charge in [-0.05, 0) is 13.0 Å². The summed E-state index contributed by atoms with van der Waals surface area (Å²) in [5.41, 5.74) is 0. The van der Waals surface area contributed by atoms with Gasteiger partial charge in [-0.25, -0.2) is 8.42 Å². The third-order valence-corrected chi connectivity index (χ3v) is 6.85. The van der Waals surface area contributed by atoms with E-state index in [0.717, 1.165) is 18.8 Å². The molecule has 0 aromatic rings. The minimum absolute atomic E-state index is 0.235. The Hall–Kier alpha value is 0.220. The van der Waals surface area contributed by atoms with E-state index < -0.39 is 9.84 Å². The van der Waals surface area contributed by atoms with Gasteiger partial charge in [-0.2, -0.15) is 11.8 Å². The third-order valence-electron chi connectivity index (χ3n) is 3.55. The highest BCUT2D eigenvalue weighted by molar-refractivity contribution is 8.01. The second kappa shape index (κ2) is 7.12. The van der Waals surface area contributed by atoms with Crippen LogP contribution in [0.3, 0.4) is 0 Å². The summed E-state index contributed by atoms with van der Waals surface area (Å²) in [7, 11) is -1.06. The Bertz CT molecular complexity index is 344. The van der Waals surface area contributed by atoms with Crippen LogP contribution in [0.15, 0.2) is 0 Å². The lowest BCUT2D eigenvalue weighted by molar-refractivity contribution is 0.149. The fourth-order valence-electron chi connectivity index (χ4n) is 2.42. The largest absolute Gasteiger partial charge is 0.318 e. The van der Waals surface area contributed by atoms with Crippen LogP contribution in [-0.4, -0.2) is 62.1 Å². The fraction of sp³-hybridized carbons (Fsp3) is 1.00. The van der Waals surface area contributed by atoms with Gasteiger partial charge in [0.1, 0.15) is 5.37 Å². The summed E-state index contributed by atoms with van der Waals surface area (Å²) >= 11 is 1.75. The molecule has 2 atom stereocenters. The summed E-state index contributed by atoms with van der Waals surface area (Å²) in [6, 6.07) is 0.294. The Morgan fingerprint density at radius 3 is 2.61 bits per heavy atom. The predicted octanol–water partition coefficient (Wildman–Crippen LogP) is 1.04. The topological polar surface area (TPSA) is 49.4 Å². The van der Waals surface area contributed by atoms with E-state index in [1.54, 1.807) is 18.7 Å². The second-order valence-electron chi connectivity index (χ2n) is 5.09. The molecular weight excluding hydrogens is 268 g/mol. The molecule has 1 saturated heterocycles. The van der Waals surface area contributed by atoms with E-state index in [-0.39, 0.29) is 11.1 Å². The minimum Gasteiger partial charge on any atom is -0.318 e. The lowest BCUT2D eigenvalue weighted by atomic mass is 10.0. The maximum atomic E-state index is 12.2. The highest BCUT2D eigenvalue weighted by Gasteiger charge is 2.37. The molecule has 0 spiro atoms. The Morgan fingerprint density at radius 2 is 2.11 bits per heavy atom. The molecule has 0 bridgehead atoms. The van der Waals surface area contributed by atoms with E-state index in [2.05, 4.69) is 24.1 Å². The van der Waals surface area contributed by atoms with Crippen molar-refractivity contribution in [1.29, 1.82) is 0 Å². The van der Waals surface area contributed by atoms with Crippen LogP contribution in [0.2, 0.25) is 0 Å². The van der Waals surface area contributed by atoms with E-state index in [1.807, 2.05) is 7.05 Å². The van der Waals surface area contributed by atoms with Crippen molar-refractivity contribution in [1.82, 2.24) is 10.2 Å². The van der Waals surface area contributed by atoms with Crippen molar-refractivity contribution in [3.8, 4) is 0 Å². The van der Waals surface area contributed by atoms with Gasteiger partial charge in [0, 0.05) is 36.4 Å². The molecular formula is C12H26N2O2S2. The molecule has 1 heterocycles. The summed E-state index contributed by atoms with van der Waals surface area (Å²) in [5, 5.41) is 2.89. The number of hydrogen-bond acceptors (Lipinski definition) is 5. The van der Waals surface area contributed by atoms with Crippen molar-refractivity contribution in [2.24, 2.45) is 5.92 Å². The van der Waals surface area contributed by atoms with Crippen LogP contribution in [-0.2, 0) is 9.84 Å². The van der Waals surface area contributed by atoms with Crippen LogP contribution in [0.5, 0.6) is 0 Å². The van der Waals surface area contributed by atoms with Crippen molar-refractivity contribution >= 4 is 21.6 Å². The van der Waals surface area contributed by atoms with Gasteiger partial charge < -0.3 is 5.32 Å². The lowest BCUT2D eigenvalue weighted by Gasteiger charge is -2.42. The molecule has 0 aliphatic carbocycles. The van der Waals surface area contributed by atoms with Crippen LogP contribution < -0.4 is 5.32 Å². The van der Waals surface area contributed by atoms with Gasteiger partial charge in [0.2, 0.25) is 0 Å². The van der Waals surface area contributed by atoms with Gasteiger partial charge >= 0.3 is 0 Å². The number of thioether (sulfide) groups is 1. The Labute approximate surface area is 116 Å². The number of likely N-dealkylation sites (N-methyl/N-ethyl adjacent to an activating group) is 1. The molecule has 108 valence electrons. The standard InChI is InChI=1S/C12H26N2O2S2/c1-5-18(15,16)12-9-17-7-6-14(12)11(8-13-4)10(2)3/h10-13H,5-9H2,1-4H3. The second-order valence-corrected chi connectivity index (χ2v) is 8.69. The molecule has 2 unspecified atom stereocenters. The molecule has 4 nitrogen and oxygen atoms in total. The molecule has 0 amide bonds. The van der Waals surface area contributed by atoms with E-state index in [0.29, 0.717) is 17.7 Å². The summed E-state index contributed by atoms with van der Waals surface area (Å²) in [5.74, 6) is 2.43. The van der Waals surface area contributed by atoms with Crippen LogP contribution >= 0.6 is 11.8 Å². The van der Waals surface area contributed by atoms with Gasteiger partial charge in [0.25, 0.3) is 0 Å². The third kappa shape index (κ3) is 3.85. The first-order valence-electron chi connectivity index (χ1n) is 6.63. The highest BCUT2D eigenvalue weighted by Crippen LogP contribution is 2.25. The van der Waals surface area contributed by atoms with E-state index in [9.17, 15) is 8.42 Å². The monoisotopic (exact) mass is 294 g/mol. The van der Waals surface area contributed by atoms with Crippen molar-refractivity contribution in [3.63, 3.8) is 0 Å². The first-order chi connectivity index (χ1) is 8.44. The molecule has 6 heteroatoms. The van der Waals surface area contributed by atoms with Gasteiger partial charge in [-0.1, -0.05) is 20.8 Å². The molecule has 1 aliphatic rings. The van der Waals surface area contributed by atoms with Crippen LogP contribution in [0, 0.1) is 5.92 Å². The Morgan fingerprint density at radius 1 is 1.44 bits per heavy atom. The zero-order valence-corrected chi connectivity index (χ0v) is 13.5. The molecule has 0 radical (unpaired) electrons. The number of rotatable bonds is 6. The average molecular weight is 294 g/mol. The maximum Gasteiger partial charge on any atom is 0.166 e. The SMILES string of the molecule is CCS(=O)(=O)C1CSCCN1C(CNC)C(C)C. The van der Waals surface area contributed by atoms with Crippen molar-refractivity contribution in [2.75, 3.05) is 37.4 Å². The molecule has 0 saturated carbocycles. The summed E-state index contributed by atoms with van der Waals surface area (Å²) in [4.78, 5) is 2.20. The van der Waals surface area contributed by atoms with E-state index in [4.69, 9.17) is 0 Å². The zero-order chi connectivity index (χ0) is 13.8. The van der Waals surface area contributed by atoms with Crippen LogP contribution in [0.25, 0.3) is 0 Å². The van der Waals surface area contributed by atoms with Crippen molar-refractivity contribution in [3.05, 3.63) is 0 Å². The maximum absolute atomic E-state index is 12.2. The first kappa shape index (κ1) is 16.3. The van der Waals surface area contributed by atoms with Crippen LogP contribution in [0.1, 0.15) is 20.8 Å². The van der Waals surface area contributed by atoms with Gasteiger partial charge in [-0.15, -0.1) is 0 Å². The molecule has 0 aromatic carbocycles. The number of nitrogens with one attached hydrogen (secondary N) is 1. The normalized spacial score (nSPS) is 24.4. The predicted molar refractivity (Wildman–Crippen MR) is 79.8 cm³/mol. The molecule has 1 N–H and O–H groups in total. The Kier molecular flexibility index (Phi) is 6.44. The Balaban J connectivity index is 2.93. The molecule has 1 fully saturated rings. The lowest BCUT2D eigenvalue weighted by Crippen LogP contribution is -2.56. The molecule has 0 aromatic heterocycles. The summed E-state index contributed by atoms with van der Waals surface area (Å²) < 4.78 is 24.4. The average Bonchev–Trinajstić information content (AvgIpc) is 2.35. The summed E-state index contributed by atoms with van der Waals surface area (Å²) in [6.45, 7) is 7.80. The van der Waals surface area contributed by atoms with E-state index >= 15 is 0 Å². The fourth-order valence-corrected chi connectivity index (χ4v) is 5.50. The molecule has 1 rings (SSSR count). The van der Waals surface area contributed by atoms with Crippen molar-refractivity contribution in [2.45, 2.75) is 32.2 Å². The first-order valence-corrected chi connectivity index (χ1v) is 9.50. The number of hydrogen-bond donors (Lipinski definition) is 1. The van der Waals surface area contributed by atoms with E-state index in [1.165, 1.54) is 0 Å². The van der Waals surface area contributed by atoms with Gasteiger partial charge in [-0.3, -0.25) is 4.90 Å². The number of nitrogens with zero attached hydrogens (tertiary/aromatic N) is 1. The molecule has 1 aliphatic heterocycles. The highest BCUT2D eigenvalue weighted by atomic mass is 32.2. The van der Waals surface area contributed by atoms with Gasteiger partial charge in [0.15, 0.2) is 9.84 Å². The quantitative estimate of drug-likeness (QED) is 0.793. The van der Waals surface area contributed by atoms with Gasteiger partial charge in [0.05, 0.1) is 0 Å². The smallest absolute Gasteiger partial charge is 0.166 e. The van der Waals surface area contributed by atoms with Crippen LogP contribution in [0.4, 0.5) is 0 Å². The molecule has 18 heavy (non-hydrogen) atoms.